The predicted molar refractivity (Wildman–Crippen MR) is 45.6 cm³/mol. The molecule has 0 aromatic carbocycles. The topological polar surface area (TPSA) is 93.6 Å². The summed E-state index contributed by atoms with van der Waals surface area (Å²) in [6.07, 6.45) is 1.37. The molecule has 0 unspecified atom stereocenters. The molecule has 2 heterocycles. The van der Waals surface area contributed by atoms with Crippen LogP contribution in [0.25, 0.3) is 0 Å². The van der Waals surface area contributed by atoms with Gasteiger partial charge in [-0.25, -0.2) is 5.26 Å². The van der Waals surface area contributed by atoms with E-state index in [9.17, 15) is 0 Å². The van der Waals surface area contributed by atoms with Crippen molar-refractivity contribution in [3.63, 3.8) is 0 Å². The Balaban J connectivity index is 2.41. The molecule has 4 N–H and O–H groups in total. The lowest BCUT2D eigenvalue weighted by atomic mass is 9.49. The fourth-order valence-electron chi connectivity index (χ4n) is 1.56. The van der Waals surface area contributed by atoms with Crippen LogP contribution in [0.1, 0.15) is 11.3 Å². The predicted octanol–water partition coefficient (Wildman–Crippen LogP) is -1.09. The van der Waals surface area contributed by atoms with E-state index < -0.39 is 0 Å². The Bertz CT molecular complexity index is 363. The molecule has 0 radical (unpaired) electrons. The van der Waals surface area contributed by atoms with Crippen molar-refractivity contribution in [1.82, 2.24) is 9.89 Å². The molecule has 12 heavy (non-hydrogen) atoms. The molecule has 1 aromatic rings. The van der Waals surface area contributed by atoms with Crippen LogP contribution in [0.15, 0.2) is 0 Å². The van der Waals surface area contributed by atoms with Gasteiger partial charge >= 0.3 is 0 Å². The molecule has 2 rings (SSSR count). The molecule has 0 fully saturated rings. The van der Waals surface area contributed by atoms with Gasteiger partial charge in [0.1, 0.15) is 5.82 Å². The van der Waals surface area contributed by atoms with E-state index in [2.05, 4.69) is 11.1 Å². The Morgan fingerprint density at radius 3 is 2.92 bits per heavy atom. The number of nitrogens with zero attached hydrogens (tertiary/aromatic N) is 3. The number of aromatic nitrogens is 2. The van der Waals surface area contributed by atoms with Gasteiger partial charge in [-0.15, -0.1) is 0 Å². The third-order valence-electron chi connectivity index (χ3n) is 2.21. The first-order valence-electron chi connectivity index (χ1n) is 3.73. The molecule has 0 bridgehead atoms. The van der Waals surface area contributed by atoms with E-state index >= 15 is 0 Å². The van der Waals surface area contributed by atoms with Crippen LogP contribution in [-0.2, 0) is 12.6 Å². The summed E-state index contributed by atoms with van der Waals surface area (Å²) >= 11 is 0. The summed E-state index contributed by atoms with van der Waals surface area (Å²) in [6.45, 7) is 0.0333. The standard InChI is InChI=1S/C6H8BN5/c8-3-7-1-4-5(2-7)11-12(10)6(4)9/h1-2,9-10H2. The first-order chi connectivity index (χ1) is 5.72. The molecule has 6 heteroatoms. The summed E-state index contributed by atoms with van der Waals surface area (Å²) in [5, 5.41) is 12.7. The van der Waals surface area contributed by atoms with Gasteiger partial charge in [0.05, 0.1) is 5.69 Å². The molecule has 0 spiro atoms. The highest BCUT2D eigenvalue weighted by Gasteiger charge is 2.30. The normalized spacial score (nSPS) is 14.4. The third kappa shape index (κ3) is 0.764. The maximum atomic E-state index is 8.66. The maximum Gasteiger partial charge on any atom is 0.278 e. The first kappa shape index (κ1) is 7.04. The zero-order valence-corrected chi connectivity index (χ0v) is 6.49. The van der Waals surface area contributed by atoms with Gasteiger partial charge in [-0.3, -0.25) is 0 Å². The van der Waals surface area contributed by atoms with Crippen LogP contribution in [0.3, 0.4) is 0 Å². The monoisotopic (exact) mass is 161 g/mol. The third-order valence-corrected chi connectivity index (χ3v) is 2.21. The largest absolute Gasteiger partial charge is 0.382 e. The van der Waals surface area contributed by atoms with E-state index in [1.54, 1.807) is 0 Å². The Morgan fingerprint density at radius 2 is 2.33 bits per heavy atom. The average Bonchev–Trinajstić information content (AvgIpc) is 2.55. The van der Waals surface area contributed by atoms with Gasteiger partial charge < -0.3 is 11.6 Å². The molecule has 0 atom stereocenters. The van der Waals surface area contributed by atoms with Crippen LogP contribution in [0.5, 0.6) is 0 Å². The molecular weight excluding hydrogens is 153 g/mol. The summed E-state index contributed by atoms with van der Waals surface area (Å²) in [5.74, 6) is 8.12. The number of nitriles is 1. The number of nitrogen functional groups attached to an aromatic ring is 2. The molecule has 60 valence electrons. The highest BCUT2D eigenvalue weighted by atomic mass is 15.5. The van der Waals surface area contributed by atoms with Gasteiger partial charge in [0.25, 0.3) is 6.71 Å². The Morgan fingerprint density at radius 1 is 1.58 bits per heavy atom. The second-order valence-electron chi connectivity index (χ2n) is 2.99. The lowest BCUT2D eigenvalue weighted by Gasteiger charge is -1.96. The summed E-state index contributed by atoms with van der Waals surface area (Å²) in [6, 6.07) is 0. The number of rotatable bonds is 0. The van der Waals surface area contributed by atoms with Crippen LogP contribution in [0.4, 0.5) is 5.82 Å². The molecule has 0 aliphatic carbocycles. The molecule has 1 aliphatic heterocycles. The molecule has 0 saturated heterocycles. The molecule has 0 saturated carbocycles. The number of anilines is 1. The highest BCUT2D eigenvalue weighted by molar-refractivity contribution is 6.67. The molecule has 1 aromatic heterocycles. The van der Waals surface area contributed by atoms with E-state index in [4.69, 9.17) is 16.8 Å². The Labute approximate surface area is 70.0 Å². The Hall–Kier alpha value is -1.64. The van der Waals surface area contributed by atoms with Crippen LogP contribution in [0.2, 0.25) is 0 Å². The van der Waals surface area contributed by atoms with Crippen LogP contribution in [0, 0.1) is 11.2 Å². The average molecular weight is 161 g/mol. The molecular formula is C6H8BN5. The highest BCUT2D eigenvalue weighted by Crippen LogP contribution is 2.24. The fraction of sp³-hybridized carbons (Fsp3) is 0.333. The van der Waals surface area contributed by atoms with Gasteiger partial charge in [0, 0.05) is 11.5 Å². The van der Waals surface area contributed by atoms with E-state index in [1.165, 1.54) is 4.79 Å². The summed E-state index contributed by atoms with van der Waals surface area (Å²) in [5.41, 5.74) is 7.46. The molecule has 1 aliphatic rings. The lowest BCUT2D eigenvalue weighted by molar-refractivity contribution is 0.823. The maximum absolute atomic E-state index is 8.66. The lowest BCUT2D eigenvalue weighted by Crippen LogP contribution is -2.18. The minimum Gasteiger partial charge on any atom is -0.382 e. The van der Waals surface area contributed by atoms with Gasteiger partial charge in [-0.1, -0.05) is 0 Å². The van der Waals surface area contributed by atoms with Gasteiger partial charge in [0.2, 0.25) is 0 Å². The van der Waals surface area contributed by atoms with Crippen LogP contribution >= 0.6 is 0 Å². The number of hydrogen-bond acceptors (Lipinski definition) is 4. The second-order valence-corrected chi connectivity index (χ2v) is 2.99. The quantitative estimate of drug-likeness (QED) is 0.373. The van der Waals surface area contributed by atoms with Crippen molar-refractivity contribution in [2.45, 2.75) is 12.6 Å². The number of hydrogen-bond donors (Lipinski definition) is 2. The van der Waals surface area contributed by atoms with Crippen molar-refractivity contribution in [3.8, 4) is 5.97 Å². The fourth-order valence-corrected chi connectivity index (χ4v) is 1.56. The summed E-state index contributed by atoms with van der Waals surface area (Å²) < 4.78 is 0. The Kier molecular flexibility index (Phi) is 1.27. The number of fused-ring (bicyclic) bond motifs is 1. The smallest absolute Gasteiger partial charge is 0.278 e. The number of nitrogens with two attached hydrogens (primary N) is 2. The van der Waals surface area contributed by atoms with Crippen molar-refractivity contribution in [1.29, 1.82) is 5.26 Å². The van der Waals surface area contributed by atoms with Crippen molar-refractivity contribution in [2.75, 3.05) is 11.6 Å². The van der Waals surface area contributed by atoms with Gasteiger partial charge in [-0.05, 0) is 12.6 Å². The van der Waals surface area contributed by atoms with Crippen LogP contribution in [-0.4, -0.2) is 16.6 Å². The van der Waals surface area contributed by atoms with E-state index in [0.717, 1.165) is 11.3 Å². The molecule has 5 nitrogen and oxygen atoms in total. The minimum absolute atomic E-state index is 0.0333. The molecule has 0 amide bonds. The van der Waals surface area contributed by atoms with Crippen molar-refractivity contribution >= 4 is 12.5 Å². The van der Waals surface area contributed by atoms with Crippen molar-refractivity contribution in [2.24, 2.45) is 0 Å². The zero-order valence-electron chi connectivity index (χ0n) is 6.49. The van der Waals surface area contributed by atoms with E-state index in [-0.39, 0.29) is 6.71 Å². The zero-order chi connectivity index (χ0) is 8.72. The van der Waals surface area contributed by atoms with E-state index in [0.29, 0.717) is 18.5 Å². The van der Waals surface area contributed by atoms with Gasteiger partial charge in [0.15, 0.2) is 0 Å². The minimum atomic E-state index is 0.0333. The second kappa shape index (κ2) is 2.17. The van der Waals surface area contributed by atoms with E-state index in [1.807, 2.05) is 0 Å². The van der Waals surface area contributed by atoms with Gasteiger partial charge in [-0.2, -0.15) is 9.89 Å². The van der Waals surface area contributed by atoms with Crippen molar-refractivity contribution < 1.29 is 0 Å². The summed E-state index contributed by atoms with van der Waals surface area (Å²) in [4.78, 5) is 1.18. The van der Waals surface area contributed by atoms with Crippen molar-refractivity contribution in [3.05, 3.63) is 11.3 Å². The van der Waals surface area contributed by atoms with Crippen LogP contribution < -0.4 is 11.6 Å². The summed E-state index contributed by atoms with van der Waals surface area (Å²) in [7, 11) is 0. The SMILES string of the molecule is N#CB1Cc2nn(N)c(N)c2C1. The first-order valence-corrected chi connectivity index (χ1v) is 3.73.